The maximum atomic E-state index is 12.6. The Labute approximate surface area is 197 Å². The lowest BCUT2D eigenvalue weighted by molar-refractivity contribution is -0.113. The molecule has 0 saturated carbocycles. The van der Waals surface area contributed by atoms with E-state index in [1.165, 1.54) is 11.8 Å². The van der Waals surface area contributed by atoms with E-state index < -0.39 is 0 Å². The summed E-state index contributed by atoms with van der Waals surface area (Å²) in [5, 5.41) is 22.0. The Hall–Kier alpha value is -2.86. The molecule has 0 aliphatic carbocycles. The highest BCUT2D eigenvalue weighted by Crippen LogP contribution is 2.27. The molecule has 9 heteroatoms. The molecule has 1 atom stereocenters. The van der Waals surface area contributed by atoms with E-state index in [4.69, 9.17) is 11.6 Å². The molecule has 0 fully saturated rings. The van der Waals surface area contributed by atoms with Crippen LogP contribution in [0.4, 0.5) is 5.69 Å². The van der Waals surface area contributed by atoms with E-state index >= 15 is 0 Å². The molecule has 1 heterocycles. The number of nitrogens with one attached hydrogen (secondary N) is 1. The van der Waals surface area contributed by atoms with E-state index in [9.17, 15) is 10.1 Å². The molecule has 1 N–H and O–H groups in total. The highest BCUT2D eigenvalue weighted by molar-refractivity contribution is 7.99. The molecular formula is C23H25ClN6OS. The molecular weight excluding hydrogens is 444 g/mol. The number of thioether (sulfide) groups is 1. The molecule has 0 aliphatic heterocycles. The van der Waals surface area contributed by atoms with Crippen molar-refractivity contribution >= 4 is 35.0 Å². The SMILES string of the molecule is CCC(c1nnc(SCC(=O)Nc2cc(Cl)ccc2C#N)n1Cc1ccccc1)N(C)C. The maximum absolute atomic E-state index is 12.6. The second kappa shape index (κ2) is 11.1. The van der Waals surface area contributed by atoms with Gasteiger partial charge in [-0.3, -0.25) is 9.69 Å². The summed E-state index contributed by atoms with van der Waals surface area (Å²) in [6, 6.07) is 17.0. The van der Waals surface area contributed by atoms with Crippen LogP contribution in [-0.2, 0) is 11.3 Å². The smallest absolute Gasteiger partial charge is 0.234 e. The summed E-state index contributed by atoms with van der Waals surface area (Å²) in [4.78, 5) is 14.7. The van der Waals surface area contributed by atoms with Crippen LogP contribution in [0.5, 0.6) is 0 Å². The van der Waals surface area contributed by atoms with Crippen molar-refractivity contribution < 1.29 is 4.79 Å². The van der Waals surface area contributed by atoms with Crippen LogP contribution in [0.2, 0.25) is 5.02 Å². The first-order chi connectivity index (χ1) is 15.4. The molecule has 2 aromatic carbocycles. The van der Waals surface area contributed by atoms with Gasteiger partial charge in [-0.05, 0) is 44.3 Å². The first kappa shape index (κ1) is 23.8. The van der Waals surface area contributed by atoms with Gasteiger partial charge in [0, 0.05) is 5.02 Å². The fourth-order valence-corrected chi connectivity index (χ4v) is 4.30. The third-order valence-corrected chi connectivity index (χ3v) is 6.15. The molecule has 3 rings (SSSR count). The lowest BCUT2D eigenvalue weighted by Crippen LogP contribution is -2.23. The molecule has 0 aliphatic rings. The Morgan fingerprint density at radius 2 is 2.00 bits per heavy atom. The van der Waals surface area contributed by atoms with Gasteiger partial charge in [0.15, 0.2) is 11.0 Å². The summed E-state index contributed by atoms with van der Waals surface area (Å²) in [7, 11) is 4.04. The topological polar surface area (TPSA) is 86.8 Å². The first-order valence-electron chi connectivity index (χ1n) is 10.2. The van der Waals surface area contributed by atoms with Crippen LogP contribution in [0, 0.1) is 11.3 Å². The molecule has 1 unspecified atom stereocenters. The quantitative estimate of drug-likeness (QED) is 0.462. The van der Waals surface area contributed by atoms with Crippen molar-refractivity contribution in [3.8, 4) is 6.07 Å². The van der Waals surface area contributed by atoms with Crippen LogP contribution in [0.15, 0.2) is 53.7 Å². The van der Waals surface area contributed by atoms with Crippen molar-refractivity contribution in [2.45, 2.75) is 31.1 Å². The predicted molar refractivity (Wildman–Crippen MR) is 128 cm³/mol. The molecule has 166 valence electrons. The summed E-state index contributed by atoms with van der Waals surface area (Å²) in [5.74, 6) is 0.748. The summed E-state index contributed by atoms with van der Waals surface area (Å²) in [5.41, 5.74) is 1.89. The van der Waals surface area contributed by atoms with Gasteiger partial charge in [0.1, 0.15) is 6.07 Å². The number of hydrogen-bond donors (Lipinski definition) is 1. The van der Waals surface area contributed by atoms with Crippen LogP contribution in [-0.4, -0.2) is 45.4 Å². The summed E-state index contributed by atoms with van der Waals surface area (Å²) in [6.07, 6.45) is 0.886. The van der Waals surface area contributed by atoms with Gasteiger partial charge in [-0.15, -0.1) is 10.2 Å². The molecule has 1 aromatic heterocycles. The van der Waals surface area contributed by atoms with Crippen LogP contribution in [0.25, 0.3) is 0 Å². The number of carbonyl (C=O) groups is 1. The summed E-state index contributed by atoms with van der Waals surface area (Å²) >= 11 is 7.32. The summed E-state index contributed by atoms with van der Waals surface area (Å²) < 4.78 is 2.07. The number of rotatable bonds is 9. The molecule has 0 radical (unpaired) electrons. The first-order valence-corrected chi connectivity index (χ1v) is 11.5. The molecule has 32 heavy (non-hydrogen) atoms. The Kier molecular flexibility index (Phi) is 8.28. The Morgan fingerprint density at radius 1 is 1.25 bits per heavy atom. The Bertz CT molecular complexity index is 1110. The van der Waals surface area contributed by atoms with Gasteiger partial charge in [-0.1, -0.05) is 60.6 Å². The normalized spacial score (nSPS) is 11.9. The highest BCUT2D eigenvalue weighted by atomic mass is 35.5. The Balaban J connectivity index is 1.80. The monoisotopic (exact) mass is 468 g/mol. The fourth-order valence-electron chi connectivity index (χ4n) is 3.38. The third-order valence-electron chi connectivity index (χ3n) is 4.95. The van der Waals surface area contributed by atoms with Crippen LogP contribution in [0.3, 0.4) is 0 Å². The van der Waals surface area contributed by atoms with Gasteiger partial charge < -0.3 is 9.88 Å². The van der Waals surface area contributed by atoms with Gasteiger partial charge in [-0.2, -0.15) is 5.26 Å². The zero-order chi connectivity index (χ0) is 23.1. The lowest BCUT2D eigenvalue weighted by Gasteiger charge is -2.23. The van der Waals surface area contributed by atoms with Crippen LogP contribution >= 0.6 is 23.4 Å². The van der Waals surface area contributed by atoms with E-state index in [2.05, 4.69) is 50.1 Å². The number of nitrogens with zero attached hydrogens (tertiary/aromatic N) is 5. The van der Waals surface area contributed by atoms with E-state index in [0.29, 0.717) is 28.0 Å². The molecule has 0 bridgehead atoms. The van der Waals surface area contributed by atoms with Gasteiger partial charge >= 0.3 is 0 Å². The Morgan fingerprint density at radius 3 is 2.66 bits per heavy atom. The highest BCUT2D eigenvalue weighted by Gasteiger charge is 2.22. The van der Waals surface area contributed by atoms with Crippen molar-refractivity contribution in [1.29, 1.82) is 5.26 Å². The minimum atomic E-state index is -0.246. The van der Waals surface area contributed by atoms with E-state index in [1.807, 2.05) is 32.3 Å². The van der Waals surface area contributed by atoms with Gasteiger partial charge in [0.25, 0.3) is 0 Å². The number of anilines is 1. The second-order valence-electron chi connectivity index (χ2n) is 7.44. The van der Waals surface area contributed by atoms with E-state index in [-0.39, 0.29) is 17.7 Å². The third kappa shape index (κ3) is 5.88. The molecule has 0 saturated heterocycles. The lowest BCUT2D eigenvalue weighted by atomic mass is 10.2. The fraction of sp³-hybridized carbons (Fsp3) is 0.304. The van der Waals surface area contributed by atoms with Crippen molar-refractivity contribution in [2.24, 2.45) is 0 Å². The number of carbonyl (C=O) groups excluding carboxylic acids is 1. The number of aromatic nitrogens is 3. The molecule has 7 nitrogen and oxygen atoms in total. The van der Waals surface area contributed by atoms with Crippen LogP contribution < -0.4 is 5.32 Å². The predicted octanol–water partition coefficient (Wildman–Crippen LogP) is 4.59. The van der Waals surface area contributed by atoms with E-state index in [0.717, 1.165) is 17.8 Å². The zero-order valence-corrected chi connectivity index (χ0v) is 19.8. The number of halogens is 1. The number of hydrogen-bond acceptors (Lipinski definition) is 6. The van der Waals surface area contributed by atoms with E-state index in [1.54, 1.807) is 18.2 Å². The average Bonchev–Trinajstić information content (AvgIpc) is 3.15. The number of amides is 1. The average molecular weight is 469 g/mol. The van der Waals surface area contributed by atoms with Gasteiger partial charge in [0.2, 0.25) is 5.91 Å². The summed E-state index contributed by atoms with van der Waals surface area (Å²) in [6.45, 7) is 2.73. The number of benzene rings is 2. The van der Waals surface area contributed by atoms with Gasteiger partial charge in [-0.25, -0.2) is 0 Å². The zero-order valence-electron chi connectivity index (χ0n) is 18.2. The molecule has 1 amide bonds. The number of nitriles is 1. The minimum absolute atomic E-state index is 0.110. The van der Waals surface area contributed by atoms with Crippen molar-refractivity contribution in [3.63, 3.8) is 0 Å². The molecule has 0 spiro atoms. The van der Waals surface area contributed by atoms with Crippen molar-refractivity contribution in [1.82, 2.24) is 19.7 Å². The standard InChI is InChI=1S/C23H25ClN6OS/c1-4-20(29(2)3)22-27-28-23(30(22)14-16-8-6-5-7-9-16)32-15-21(31)26-19-12-18(24)11-10-17(19)13-25/h5-12,20H,4,14-15H2,1-3H3,(H,26,31). The largest absolute Gasteiger partial charge is 0.324 e. The van der Waals surface area contributed by atoms with Crippen molar-refractivity contribution in [2.75, 3.05) is 25.2 Å². The molecule has 3 aromatic rings. The minimum Gasteiger partial charge on any atom is -0.324 e. The van der Waals surface area contributed by atoms with Gasteiger partial charge in [0.05, 0.1) is 29.6 Å². The maximum Gasteiger partial charge on any atom is 0.234 e. The van der Waals surface area contributed by atoms with Crippen molar-refractivity contribution in [3.05, 3.63) is 70.5 Å². The second-order valence-corrected chi connectivity index (χ2v) is 8.82. The van der Waals surface area contributed by atoms with Crippen LogP contribution in [0.1, 0.15) is 36.3 Å².